The molecule has 4 aromatic carbocycles. The maximum Gasteiger partial charge on any atom is 0.288 e. The summed E-state index contributed by atoms with van der Waals surface area (Å²) in [7, 11) is 0. The highest BCUT2D eigenvalue weighted by Gasteiger charge is 2.37. The van der Waals surface area contributed by atoms with E-state index in [-0.39, 0.29) is 40.7 Å². The second-order valence-electron chi connectivity index (χ2n) is 29.3. The fourth-order valence-corrected chi connectivity index (χ4v) is 13.5. The van der Waals surface area contributed by atoms with Crippen LogP contribution in [0.15, 0.2) is 134 Å². The Bertz CT molecular complexity index is 6340. The zero-order valence-electron chi connectivity index (χ0n) is 62.8. The van der Waals surface area contributed by atoms with E-state index in [1.54, 1.807) is 71.6 Å². The molecule has 0 saturated heterocycles. The Balaban J connectivity index is 0.000000110. The van der Waals surface area contributed by atoms with Crippen molar-refractivity contribution >= 4 is 72.5 Å². The topological polar surface area (TPSA) is 244 Å². The van der Waals surface area contributed by atoms with Crippen molar-refractivity contribution in [3.05, 3.63) is 220 Å². The monoisotopic (exact) mass is 1590 g/mol. The van der Waals surface area contributed by atoms with E-state index in [2.05, 4.69) is 100.0 Å². The van der Waals surface area contributed by atoms with Gasteiger partial charge in [0.2, 0.25) is 0 Å². The van der Waals surface area contributed by atoms with Gasteiger partial charge >= 0.3 is 0 Å². The summed E-state index contributed by atoms with van der Waals surface area (Å²) >= 11 is 0. The van der Waals surface area contributed by atoms with E-state index >= 15 is 0 Å². The van der Waals surface area contributed by atoms with Crippen LogP contribution in [-0.2, 0) is 11.8 Å². The van der Waals surface area contributed by atoms with Crippen LogP contribution < -0.4 is 0 Å². The molecular formula is C82H65F11N24. The molecule has 0 amide bonds. The van der Waals surface area contributed by atoms with Gasteiger partial charge in [-0.2, -0.15) is 58.4 Å². The Morgan fingerprint density at radius 3 is 0.957 bits per heavy atom. The number of imidazole rings is 5. The van der Waals surface area contributed by atoms with Crippen molar-refractivity contribution in [2.75, 3.05) is 0 Å². The first-order valence-corrected chi connectivity index (χ1v) is 37.3. The van der Waals surface area contributed by atoms with Crippen LogP contribution in [0.3, 0.4) is 0 Å². The standard InChI is InChI=1S/C17H13F2N5.C17H14FN5.C16H12F4N4.C16H13F3N4.C16H13FN6/c1-17(18,19)15-7-10(9-21-23-15)16-22-13-6-3-11(20-2)8-14(13)24(16)12-4-5-12;1-10(18)15-7-11(9-20-22-15)17-21-14-6-3-12(19-2)8-16(14)23(17)13-4-5-13;1-16(19,20)14-4-8(7-21-23-14)15-22-12-5-10(17)11(18)6-13(12)24(15)9-2-3-9;1-8(17)13-4-9(7-20-22-13)16-21-14-5-11(18)12(19)6-15(14)23(16)10-2-3-10;1-9(17)13-7-10(8-19-22-13)15-20-12-5-6-14(18-2)21-16(12)23(15)11-3-4-11/h3,6-9,12H,4-5H2,1H3;3,6-10,13H,4-5H2,1H3;4-7,9H,2-3H2,1H3;4-8,10H,2-3H2,1H3;5-9,11H,3-4H2,1H3. The van der Waals surface area contributed by atoms with E-state index in [9.17, 15) is 48.3 Å². The van der Waals surface area contributed by atoms with Gasteiger partial charge in [0, 0.05) is 96.1 Å². The summed E-state index contributed by atoms with van der Waals surface area (Å²) in [5.74, 6) is -6.71. The summed E-state index contributed by atoms with van der Waals surface area (Å²) in [4.78, 5) is 37.4. The lowest BCUT2D eigenvalue weighted by molar-refractivity contribution is 0.0112. The average Bonchev–Trinajstić information content (AvgIpc) is 1.63. The number of alkyl halides is 7. The summed E-state index contributed by atoms with van der Waals surface area (Å²) in [6, 6.07) is 27.3. The average molecular weight is 1600 g/mol. The first kappa shape index (κ1) is 77.4. The van der Waals surface area contributed by atoms with Crippen LogP contribution in [0.25, 0.3) is 127 Å². The van der Waals surface area contributed by atoms with E-state index in [1.807, 2.05) is 25.8 Å². The Morgan fingerprint density at radius 2 is 0.632 bits per heavy atom. The highest BCUT2D eigenvalue weighted by molar-refractivity contribution is 5.87. The van der Waals surface area contributed by atoms with Crippen LogP contribution in [0.2, 0.25) is 0 Å². The smallest absolute Gasteiger partial charge is 0.288 e. The molecule has 5 fully saturated rings. The van der Waals surface area contributed by atoms with Gasteiger partial charge in [0.25, 0.3) is 23.3 Å². The fraction of sp³-hybridized carbons (Fsp3) is 0.305. The molecule has 20 rings (SSSR count). The predicted octanol–water partition coefficient (Wildman–Crippen LogP) is 21.1. The van der Waals surface area contributed by atoms with E-state index in [0.717, 1.165) is 141 Å². The minimum Gasteiger partial charge on any atom is -0.361 e. The first-order valence-electron chi connectivity index (χ1n) is 37.3. The van der Waals surface area contributed by atoms with Gasteiger partial charge in [-0.1, -0.05) is 23.7 Å². The zero-order chi connectivity index (χ0) is 82.0. The zero-order valence-corrected chi connectivity index (χ0v) is 62.8. The molecule has 24 nitrogen and oxygen atoms in total. The molecule has 0 N–H and O–H groups in total. The van der Waals surface area contributed by atoms with E-state index in [4.69, 9.17) is 19.7 Å². The number of hydrogen-bond donors (Lipinski definition) is 0. The van der Waals surface area contributed by atoms with Gasteiger partial charge < -0.3 is 23.1 Å². The normalized spacial score (nSPS) is 15.4. The van der Waals surface area contributed by atoms with Crippen LogP contribution in [0.4, 0.5) is 65.5 Å². The molecule has 0 radical (unpaired) electrons. The lowest BCUT2D eigenvalue weighted by atomic mass is 10.2. The van der Waals surface area contributed by atoms with Crippen molar-refractivity contribution in [1.82, 2.24) is 104 Å². The van der Waals surface area contributed by atoms with Gasteiger partial charge in [-0.3, -0.25) is 4.57 Å². The largest absolute Gasteiger partial charge is 0.361 e. The molecule has 11 aromatic heterocycles. The fourth-order valence-electron chi connectivity index (χ4n) is 13.5. The van der Waals surface area contributed by atoms with Crippen molar-refractivity contribution in [3.63, 3.8) is 0 Å². The van der Waals surface area contributed by atoms with Gasteiger partial charge in [-0.05, 0) is 152 Å². The van der Waals surface area contributed by atoms with Crippen molar-refractivity contribution in [1.29, 1.82) is 0 Å². The number of benzene rings is 4. The number of halogens is 11. The molecule has 11 heterocycles. The summed E-state index contributed by atoms with van der Waals surface area (Å²) < 4.78 is 159. The molecule has 0 aliphatic heterocycles. The summed E-state index contributed by atoms with van der Waals surface area (Å²) in [6.45, 7) is 27.3. The Kier molecular flexibility index (Phi) is 20.5. The maximum atomic E-state index is 13.6. The SMILES string of the molecule is CC(F)(F)c1cc(-c2nc3cc(F)c(F)cc3n2C2CC2)cnn1.CC(F)c1cc(-c2nc3cc(F)c(F)cc3n2C2CC2)cnn1.[C-]#[N+]c1ccc2nc(-c3cnnc(C(C)(F)F)c3)n(C3CC3)c2c1.[C-]#[N+]c1ccc2nc(-c3cnnc(C(C)F)c3)n(C3CC3)c2c1.[C-]#[N+]c1ccc2nc(-c3cnnc(C(C)F)c3)n(C3CC3)c2n1. The highest BCUT2D eigenvalue weighted by atomic mass is 19.3. The molecule has 117 heavy (non-hydrogen) atoms. The number of nitrogens with zero attached hydrogens (tertiary/aromatic N) is 24. The third kappa shape index (κ3) is 16.2. The summed E-state index contributed by atoms with van der Waals surface area (Å²) in [5.41, 5.74) is 10.4. The number of fused-ring (bicyclic) bond motifs is 5. The van der Waals surface area contributed by atoms with Crippen LogP contribution in [0.5, 0.6) is 0 Å². The summed E-state index contributed by atoms with van der Waals surface area (Å²) in [6.07, 6.45) is 13.8. The van der Waals surface area contributed by atoms with Crippen LogP contribution >= 0.6 is 0 Å². The van der Waals surface area contributed by atoms with E-state index in [1.165, 1.54) is 51.5 Å². The second-order valence-corrected chi connectivity index (χ2v) is 29.3. The highest BCUT2D eigenvalue weighted by Crippen LogP contribution is 2.48. The molecule has 590 valence electrons. The molecule has 5 saturated carbocycles. The minimum atomic E-state index is -3.14. The quantitative estimate of drug-likeness (QED) is 0.0684. The minimum absolute atomic E-state index is 0.0913. The molecule has 3 atom stereocenters. The predicted molar refractivity (Wildman–Crippen MR) is 409 cm³/mol. The molecule has 5 aliphatic carbocycles. The Morgan fingerprint density at radius 1 is 0.342 bits per heavy atom. The van der Waals surface area contributed by atoms with Gasteiger partial charge in [-0.15, -0.1) is 10.2 Å². The molecule has 0 bridgehead atoms. The number of aromatic nitrogens is 21. The van der Waals surface area contributed by atoms with Gasteiger partial charge in [-0.25, -0.2) is 65.3 Å². The molecule has 35 heteroatoms. The molecule has 0 spiro atoms. The van der Waals surface area contributed by atoms with Gasteiger partial charge in [0.15, 0.2) is 34.6 Å². The van der Waals surface area contributed by atoms with Crippen molar-refractivity contribution in [2.45, 2.75) is 159 Å². The lowest BCUT2D eigenvalue weighted by Crippen LogP contribution is -2.11. The van der Waals surface area contributed by atoms with Crippen LogP contribution in [0, 0.1) is 43.0 Å². The van der Waals surface area contributed by atoms with E-state index < -0.39 is 59.3 Å². The first-order chi connectivity index (χ1) is 56.2. The van der Waals surface area contributed by atoms with Gasteiger partial charge in [0.05, 0.1) is 105 Å². The van der Waals surface area contributed by atoms with Crippen molar-refractivity contribution in [3.8, 4) is 56.9 Å². The van der Waals surface area contributed by atoms with Crippen LogP contribution in [0.1, 0.15) is 176 Å². The van der Waals surface area contributed by atoms with Crippen molar-refractivity contribution in [2.24, 2.45) is 0 Å². The van der Waals surface area contributed by atoms with Crippen molar-refractivity contribution < 1.29 is 48.3 Å². The second kappa shape index (κ2) is 31.0. The number of pyridine rings is 1. The summed E-state index contributed by atoms with van der Waals surface area (Å²) in [5, 5.41) is 37.4. The third-order valence-corrected chi connectivity index (χ3v) is 20.0. The third-order valence-electron chi connectivity index (χ3n) is 20.0. The van der Waals surface area contributed by atoms with Gasteiger partial charge in [0.1, 0.15) is 64.5 Å². The maximum absolute atomic E-state index is 13.6. The lowest BCUT2D eigenvalue weighted by Gasteiger charge is -2.11. The molecule has 3 unspecified atom stereocenters. The number of rotatable bonds is 15. The molecule has 15 aromatic rings. The number of hydrogen-bond acceptors (Lipinski definition) is 16. The Labute approximate surface area is 658 Å². The Hall–Kier alpha value is -13.5. The molecule has 5 aliphatic rings. The van der Waals surface area contributed by atoms with E-state index in [0.29, 0.717) is 103 Å². The van der Waals surface area contributed by atoms with Crippen LogP contribution in [-0.4, -0.2) is 104 Å². The molecular weight excluding hydrogens is 1530 g/mol.